The molecule has 1 aliphatic carbocycles. The Bertz CT molecular complexity index is 385. The van der Waals surface area contributed by atoms with Gasteiger partial charge >= 0.3 is 0 Å². The van der Waals surface area contributed by atoms with Crippen molar-refractivity contribution in [1.82, 2.24) is 10.3 Å². The van der Waals surface area contributed by atoms with Gasteiger partial charge in [-0.3, -0.25) is 4.98 Å². The highest BCUT2D eigenvalue weighted by molar-refractivity contribution is 5.31. The van der Waals surface area contributed by atoms with Crippen molar-refractivity contribution in [3.63, 3.8) is 0 Å². The summed E-state index contributed by atoms with van der Waals surface area (Å²) in [7, 11) is 0. The van der Waals surface area contributed by atoms with Crippen molar-refractivity contribution < 1.29 is 4.39 Å². The lowest BCUT2D eigenvalue weighted by Crippen LogP contribution is -2.46. The number of halogens is 1. The minimum absolute atomic E-state index is 0.0106. The van der Waals surface area contributed by atoms with Gasteiger partial charge in [-0.25, -0.2) is 4.39 Å². The third-order valence-corrected chi connectivity index (χ3v) is 3.95. The molecule has 0 spiro atoms. The first-order valence-electron chi connectivity index (χ1n) is 6.13. The van der Waals surface area contributed by atoms with Gasteiger partial charge in [-0.05, 0) is 43.9 Å². The second-order valence-corrected chi connectivity index (χ2v) is 4.95. The van der Waals surface area contributed by atoms with Crippen molar-refractivity contribution in [3.8, 4) is 0 Å². The highest BCUT2D eigenvalue weighted by Gasteiger charge is 2.44. The van der Waals surface area contributed by atoms with Gasteiger partial charge in [0.15, 0.2) is 0 Å². The predicted octanol–water partition coefficient (Wildman–Crippen LogP) is 2.20. The SMILES string of the molecule is FC1(C2CCc3cccnc32)CCCNC1. The summed E-state index contributed by atoms with van der Waals surface area (Å²) in [5.41, 5.74) is 1.18. The summed E-state index contributed by atoms with van der Waals surface area (Å²) in [5.74, 6) is 0.0106. The van der Waals surface area contributed by atoms with Crippen molar-refractivity contribution in [2.45, 2.75) is 37.3 Å². The van der Waals surface area contributed by atoms with E-state index in [0.717, 1.165) is 31.5 Å². The number of nitrogens with one attached hydrogen (secondary N) is 1. The summed E-state index contributed by atoms with van der Waals surface area (Å²) in [6.45, 7) is 1.45. The van der Waals surface area contributed by atoms with Crippen LogP contribution in [0.2, 0.25) is 0 Å². The van der Waals surface area contributed by atoms with E-state index in [9.17, 15) is 4.39 Å². The van der Waals surface area contributed by atoms with Crippen molar-refractivity contribution >= 4 is 0 Å². The molecule has 2 unspecified atom stereocenters. The van der Waals surface area contributed by atoms with Crippen molar-refractivity contribution in [2.75, 3.05) is 13.1 Å². The average molecular weight is 220 g/mol. The number of hydrogen-bond acceptors (Lipinski definition) is 2. The number of aryl methyl sites for hydroxylation is 1. The second kappa shape index (κ2) is 3.81. The predicted molar refractivity (Wildman–Crippen MR) is 61.2 cm³/mol. The van der Waals surface area contributed by atoms with Crippen LogP contribution in [0.25, 0.3) is 0 Å². The molecule has 1 N–H and O–H groups in total. The Balaban J connectivity index is 1.91. The van der Waals surface area contributed by atoms with E-state index in [-0.39, 0.29) is 5.92 Å². The Hall–Kier alpha value is -0.960. The van der Waals surface area contributed by atoms with Crippen LogP contribution in [0.4, 0.5) is 4.39 Å². The Morgan fingerprint density at radius 1 is 1.50 bits per heavy atom. The minimum atomic E-state index is -1.07. The minimum Gasteiger partial charge on any atom is -0.314 e. The van der Waals surface area contributed by atoms with Gasteiger partial charge in [-0.2, -0.15) is 0 Å². The number of pyridine rings is 1. The molecule has 0 radical (unpaired) electrons. The van der Waals surface area contributed by atoms with Crippen molar-refractivity contribution in [3.05, 3.63) is 29.6 Å². The van der Waals surface area contributed by atoms with Crippen LogP contribution in [-0.4, -0.2) is 23.7 Å². The number of alkyl halides is 1. The molecule has 1 saturated heterocycles. The molecule has 1 aromatic heterocycles. The van der Waals surface area contributed by atoms with Crippen LogP contribution < -0.4 is 5.32 Å². The van der Waals surface area contributed by atoms with Gasteiger partial charge in [-0.15, -0.1) is 0 Å². The van der Waals surface area contributed by atoms with Gasteiger partial charge < -0.3 is 5.32 Å². The van der Waals surface area contributed by atoms with E-state index in [2.05, 4.69) is 16.4 Å². The van der Waals surface area contributed by atoms with Crippen molar-refractivity contribution in [2.24, 2.45) is 0 Å². The third-order valence-electron chi connectivity index (χ3n) is 3.95. The maximum Gasteiger partial charge on any atom is 0.131 e. The van der Waals surface area contributed by atoms with Crippen LogP contribution in [-0.2, 0) is 6.42 Å². The van der Waals surface area contributed by atoms with Crippen LogP contribution in [0.1, 0.15) is 36.4 Å². The fourth-order valence-corrected chi connectivity index (χ4v) is 3.11. The summed E-state index contributed by atoms with van der Waals surface area (Å²) in [6.07, 6.45) is 5.32. The lowest BCUT2D eigenvalue weighted by atomic mass is 9.81. The van der Waals surface area contributed by atoms with Crippen LogP contribution >= 0.6 is 0 Å². The van der Waals surface area contributed by atoms with Gasteiger partial charge in [0.2, 0.25) is 0 Å². The summed E-state index contributed by atoms with van der Waals surface area (Å²) >= 11 is 0. The average Bonchev–Trinajstić information content (AvgIpc) is 2.74. The topological polar surface area (TPSA) is 24.9 Å². The highest BCUT2D eigenvalue weighted by Crippen LogP contribution is 2.44. The van der Waals surface area contributed by atoms with Crippen LogP contribution in [0.15, 0.2) is 18.3 Å². The van der Waals surface area contributed by atoms with Crippen LogP contribution in [0, 0.1) is 0 Å². The van der Waals surface area contributed by atoms with E-state index in [1.54, 1.807) is 6.20 Å². The molecule has 0 amide bonds. The second-order valence-electron chi connectivity index (χ2n) is 4.95. The number of piperidine rings is 1. The number of hydrogen-bond donors (Lipinski definition) is 1. The first-order chi connectivity index (χ1) is 7.80. The molecule has 2 heterocycles. The van der Waals surface area contributed by atoms with E-state index >= 15 is 0 Å². The van der Waals surface area contributed by atoms with Crippen LogP contribution in [0.5, 0.6) is 0 Å². The molecule has 1 aliphatic heterocycles. The van der Waals surface area contributed by atoms with Crippen molar-refractivity contribution in [1.29, 1.82) is 0 Å². The monoisotopic (exact) mass is 220 g/mol. The zero-order chi connectivity index (χ0) is 11.0. The fraction of sp³-hybridized carbons (Fsp3) is 0.615. The zero-order valence-corrected chi connectivity index (χ0v) is 9.38. The zero-order valence-electron chi connectivity index (χ0n) is 9.38. The maximum absolute atomic E-state index is 14.9. The lowest BCUT2D eigenvalue weighted by molar-refractivity contribution is 0.0864. The number of nitrogens with zero attached hydrogens (tertiary/aromatic N) is 1. The summed E-state index contributed by atoms with van der Waals surface area (Å²) in [5, 5.41) is 3.18. The molecular formula is C13H17FN2. The third kappa shape index (κ3) is 1.54. The molecule has 1 fully saturated rings. The molecule has 2 atom stereocenters. The first kappa shape index (κ1) is 10.2. The van der Waals surface area contributed by atoms with Gasteiger partial charge in [-0.1, -0.05) is 6.07 Å². The number of fused-ring (bicyclic) bond motifs is 1. The molecule has 0 aromatic carbocycles. The fourth-order valence-electron chi connectivity index (χ4n) is 3.11. The first-order valence-corrected chi connectivity index (χ1v) is 6.13. The Morgan fingerprint density at radius 2 is 2.44 bits per heavy atom. The van der Waals surface area contributed by atoms with Crippen LogP contribution in [0.3, 0.4) is 0 Å². The standard InChI is InChI=1S/C13H17FN2/c14-13(6-2-7-15-9-13)11-5-4-10-3-1-8-16-12(10)11/h1,3,8,11,15H,2,4-7,9H2. The van der Waals surface area contributed by atoms with Gasteiger partial charge in [0.05, 0.1) is 0 Å². The quantitative estimate of drug-likeness (QED) is 0.785. The molecular weight excluding hydrogens is 203 g/mol. The molecule has 86 valence electrons. The van der Waals surface area contributed by atoms with Gasteiger partial charge in [0.25, 0.3) is 0 Å². The molecule has 1 aromatic rings. The van der Waals surface area contributed by atoms with Gasteiger partial charge in [0.1, 0.15) is 5.67 Å². The Kier molecular flexibility index (Phi) is 2.43. The van der Waals surface area contributed by atoms with Gasteiger partial charge in [0, 0.05) is 24.4 Å². The summed E-state index contributed by atoms with van der Waals surface area (Å²) in [6, 6.07) is 4.03. The number of aromatic nitrogens is 1. The molecule has 2 aliphatic rings. The van der Waals surface area contributed by atoms with E-state index in [1.165, 1.54) is 5.56 Å². The molecule has 16 heavy (non-hydrogen) atoms. The Morgan fingerprint density at radius 3 is 3.25 bits per heavy atom. The molecule has 2 nitrogen and oxygen atoms in total. The van der Waals surface area contributed by atoms with E-state index in [4.69, 9.17) is 0 Å². The highest BCUT2D eigenvalue weighted by atomic mass is 19.1. The summed E-state index contributed by atoms with van der Waals surface area (Å²) < 4.78 is 14.9. The number of rotatable bonds is 1. The van der Waals surface area contributed by atoms with E-state index < -0.39 is 5.67 Å². The maximum atomic E-state index is 14.9. The molecule has 0 saturated carbocycles. The smallest absolute Gasteiger partial charge is 0.131 e. The molecule has 3 rings (SSSR count). The van der Waals surface area contributed by atoms with E-state index in [0.29, 0.717) is 13.0 Å². The van der Waals surface area contributed by atoms with E-state index in [1.807, 2.05) is 6.07 Å². The normalized spacial score (nSPS) is 33.7. The Labute approximate surface area is 95.3 Å². The largest absolute Gasteiger partial charge is 0.314 e. The molecule has 0 bridgehead atoms. The summed E-state index contributed by atoms with van der Waals surface area (Å²) in [4.78, 5) is 4.39. The molecule has 3 heteroatoms. The lowest BCUT2D eigenvalue weighted by Gasteiger charge is -2.35.